The molecule has 0 spiro atoms. The van der Waals surface area contributed by atoms with Crippen LogP contribution in [-0.2, 0) is 6.54 Å². The van der Waals surface area contributed by atoms with Crippen LogP contribution >= 0.6 is 0 Å². The fourth-order valence-corrected chi connectivity index (χ4v) is 2.47. The lowest BCUT2D eigenvalue weighted by atomic mass is 10.1. The molecule has 2 heterocycles. The zero-order chi connectivity index (χ0) is 17.6. The summed E-state index contributed by atoms with van der Waals surface area (Å²) >= 11 is 0. The van der Waals surface area contributed by atoms with E-state index in [1.807, 2.05) is 30.3 Å². The summed E-state index contributed by atoms with van der Waals surface area (Å²) in [4.78, 5) is 22.3. The van der Waals surface area contributed by atoms with Crippen molar-refractivity contribution in [2.75, 3.05) is 12.3 Å². The van der Waals surface area contributed by atoms with Crippen LogP contribution < -0.4 is 5.73 Å². The van der Waals surface area contributed by atoms with Crippen LogP contribution in [0.2, 0.25) is 0 Å². The number of hydrogen-bond acceptors (Lipinski definition) is 6. The van der Waals surface area contributed by atoms with Crippen LogP contribution in [-0.4, -0.2) is 32.4 Å². The van der Waals surface area contributed by atoms with Crippen LogP contribution in [0.1, 0.15) is 27.9 Å². The minimum atomic E-state index is -0.958. The molecule has 3 aromatic rings. The number of nitrogens with zero attached hydrogens (tertiary/aromatic N) is 3. The molecule has 7 nitrogen and oxygen atoms in total. The van der Waals surface area contributed by atoms with Crippen molar-refractivity contribution in [1.82, 2.24) is 14.9 Å². The van der Waals surface area contributed by atoms with E-state index in [1.54, 1.807) is 12.1 Å². The number of benzene rings is 1. The molecule has 2 aromatic heterocycles. The molecular weight excluding hydrogens is 320 g/mol. The van der Waals surface area contributed by atoms with Gasteiger partial charge in [-0.15, -0.1) is 0 Å². The van der Waals surface area contributed by atoms with E-state index in [2.05, 4.69) is 9.97 Å². The van der Waals surface area contributed by atoms with Gasteiger partial charge in [-0.2, -0.15) is 0 Å². The van der Waals surface area contributed by atoms with Crippen molar-refractivity contribution in [3.05, 3.63) is 78.1 Å². The van der Waals surface area contributed by atoms with Gasteiger partial charge in [0.15, 0.2) is 11.5 Å². The van der Waals surface area contributed by atoms with Gasteiger partial charge in [-0.05, 0) is 17.7 Å². The van der Waals surface area contributed by atoms with Crippen LogP contribution in [0.25, 0.3) is 0 Å². The van der Waals surface area contributed by atoms with E-state index in [0.29, 0.717) is 12.3 Å². The third-order valence-electron chi connectivity index (χ3n) is 3.70. The molecule has 0 aliphatic carbocycles. The minimum Gasteiger partial charge on any atom is -0.467 e. The lowest BCUT2D eigenvalue weighted by molar-refractivity contribution is 0.0558. The van der Waals surface area contributed by atoms with Gasteiger partial charge in [0.25, 0.3) is 5.91 Å². The summed E-state index contributed by atoms with van der Waals surface area (Å²) in [6.07, 6.45) is 3.35. The van der Waals surface area contributed by atoms with Gasteiger partial charge in [0.05, 0.1) is 12.8 Å². The first-order valence-electron chi connectivity index (χ1n) is 7.76. The van der Waals surface area contributed by atoms with Crippen molar-refractivity contribution in [2.45, 2.75) is 12.6 Å². The summed E-state index contributed by atoms with van der Waals surface area (Å²) in [7, 11) is 0. The van der Waals surface area contributed by atoms with Gasteiger partial charge in [-0.1, -0.05) is 30.3 Å². The van der Waals surface area contributed by atoms with Gasteiger partial charge in [0.1, 0.15) is 11.9 Å². The number of anilines is 1. The van der Waals surface area contributed by atoms with Gasteiger partial charge < -0.3 is 20.2 Å². The molecule has 3 N–H and O–H groups in total. The van der Waals surface area contributed by atoms with Crippen molar-refractivity contribution in [3.63, 3.8) is 0 Å². The normalized spacial score (nSPS) is 11.9. The van der Waals surface area contributed by atoms with Crippen molar-refractivity contribution in [1.29, 1.82) is 0 Å². The first-order chi connectivity index (χ1) is 12.1. The number of rotatable bonds is 6. The number of furan rings is 1. The number of amides is 1. The summed E-state index contributed by atoms with van der Waals surface area (Å²) in [6, 6.07) is 12.8. The van der Waals surface area contributed by atoms with E-state index in [4.69, 9.17) is 10.2 Å². The maximum atomic E-state index is 12.9. The number of hydrogen-bond donors (Lipinski definition) is 2. The summed E-state index contributed by atoms with van der Waals surface area (Å²) in [6.45, 7) is 0.338. The Hall–Kier alpha value is -3.19. The third kappa shape index (κ3) is 4.02. The van der Waals surface area contributed by atoms with Crippen LogP contribution in [0.15, 0.2) is 65.5 Å². The Kier molecular flexibility index (Phi) is 5.06. The molecule has 0 radical (unpaired) electrons. The molecule has 7 heteroatoms. The Bertz CT molecular complexity index is 821. The van der Waals surface area contributed by atoms with Crippen LogP contribution in [0.3, 0.4) is 0 Å². The summed E-state index contributed by atoms with van der Waals surface area (Å²) in [5.41, 5.74) is 6.76. The van der Waals surface area contributed by atoms with Crippen molar-refractivity contribution in [2.24, 2.45) is 0 Å². The van der Waals surface area contributed by atoms with Gasteiger partial charge in [-0.25, -0.2) is 9.97 Å². The Morgan fingerprint density at radius 3 is 2.60 bits per heavy atom. The van der Waals surface area contributed by atoms with Gasteiger partial charge in [0, 0.05) is 18.9 Å². The summed E-state index contributed by atoms with van der Waals surface area (Å²) in [5, 5.41) is 10.4. The molecule has 3 rings (SSSR count). The molecule has 0 saturated carbocycles. The highest BCUT2D eigenvalue weighted by Gasteiger charge is 2.24. The van der Waals surface area contributed by atoms with Gasteiger partial charge in [0.2, 0.25) is 0 Å². The molecule has 0 bridgehead atoms. The number of nitrogen functional groups attached to an aromatic ring is 1. The second-order valence-electron chi connectivity index (χ2n) is 5.49. The predicted molar refractivity (Wildman–Crippen MR) is 91.3 cm³/mol. The highest BCUT2D eigenvalue weighted by atomic mass is 16.4. The predicted octanol–water partition coefficient (Wildman–Crippen LogP) is 2.03. The number of carbonyl (C=O) groups excluding carboxylic acids is 1. The molecule has 1 aromatic carbocycles. The molecule has 0 saturated heterocycles. The number of aromatic nitrogens is 2. The van der Waals surface area contributed by atoms with E-state index in [1.165, 1.54) is 23.6 Å². The summed E-state index contributed by atoms with van der Waals surface area (Å²) in [5.74, 6) is 0.0380. The lowest BCUT2D eigenvalue weighted by Gasteiger charge is -2.24. The van der Waals surface area contributed by atoms with Crippen molar-refractivity contribution < 1.29 is 14.3 Å². The topological polar surface area (TPSA) is 105 Å². The highest BCUT2D eigenvalue weighted by molar-refractivity contribution is 5.96. The van der Waals surface area contributed by atoms with E-state index >= 15 is 0 Å². The molecule has 25 heavy (non-hydrogen) atoms. The number of aliphatic hydroxyl groups excluding tert-OH is 1. The maximum Gasteiger partial charge on any atom is 0.276 e. The Morgan fingerprint density at radius 2 is 1.92 bits per heavy atom. The molecule has 0 aliphatic heterocycles. The standard InChI is InChI=1S/C18H18N4O3/c19-17-16(20-8-9-21-17)18(24)22(11-13-5-2-1-3-6-13)12-14(23)15-7-4-10-25-15/h1-10,14,23H,11-12H2,(H2,19,21). The SMILES string of the molecule is Nc1nccnc1C(=O)N(Cc1ccccc1)CC(O)c1ccco1. The molecule has 1 amide bonds. The van der Waals surface area contributed by atoms with Gasteiger partial charge >= 0.3 is 0 Å². The van der Waals surface area contributed by atoms with Crippen LogP contribution in [0.4, 0.5) is 5.82 Å². The maximum absolute atomic E-state index is 12.9. The average molecular weight is 338 g/mol. The molecule has 1 atom stereocenters. The quantitative estimate of drug-likeness (QED) is 0.712. The number of aliphatic hydroxyl groups is 1. The Balaban J connectivity index is 1.85. The van der Waals surface area contributed by atoms with Crippen molar-refractivity contribution >= 4 is 11.7 Å². The second-order valence-corrected chi connectivity index (χ2v) is 5.49. The zero-order valence-corrected chi connectivity index (χ0v) is 13.4. The second kappa shape index (κ2) is 7.59. The fraction of sp³-hybridized carbons (Fsp3) is 0.167. The number of carbonyl (C=O) groups is 1. The van der Waals surface area contributed by atoms with Crippen LogP contribution in [0.5, 0.6) is 0 Å². The first kappa shape index (κ1) is 16.7. The first-order valence-corrected chi connectivity index (χ1v) is 7.76. The monoisotopic (exact) mass is 338 g/mol. The van der Waals surface area contributed by atoms with Crippen molar-refractivity contribution in [3.8, 4) is 0 Å². The fourth-order valence-electron chi connectivity index (χ4n) is 2.47. The van der Waals surface area contributed by atoms with E-state index in [9.17, 15) is 9.90 Å². The van der Waals surface area contributed by atoms with E-state index in [0.717, 1.165) is 5.56 Å². The zero-order valence-electron chi connectivity index (χ0n) is 13.4. The minimum absolute atomic E-state index is 0.0389. The largest absolute Gasteiger partial charge is 0.467 e. The third-order valence-corrected chi connectivity index (χ3v) is 3.70. The molecule has 0 aliphatic rings. The number of nitrogens with two attached hydrogens (primary N) is 1. The molecule has 1 unspecified atom stereocenters. The summed E-state index contributed by atoms with van der Waals surface area (Å²) < 4.78 is 5.21. The molecule has 0 fully saturated rings. The Morgan fingerprint density at radius 1 is 1.16 bits per heavy atom. The van der Waals surface area contributed by atoms with Crippen LogP contribution in [0, 0.1) is 0 Å². The molecular formula is C18H18N4O3. The van der Waals surface area contributed by atoms with E-state index < -0.39 is 12.0 Å². The average Bonchev–Trinajstić information content (AvgIpc) is 3.17. The highest BCUT2D eigenvalue weighted by Crippen LogP contribution is 2.19. The Labute approximate surface area is 144 Å². The molecule has 128 valence electrons. The van der Waals surface area contributed by atoms with E-state index in [-0.39, 0.29) is 18.1 Å². The van der Waals surface area contributed by atoms with Gasteiger partial charge in [-0.3, -0.25) is 4.79 Å². The smallest absolute Gasteiger partial charge is 0.276 e. The lowest BCUT2D eigenvalue weighted by Crippen LogP contribution is -2.35.